The molecule has 0 aliphatic carbocycles. The van der Waals surface area contributed by atoms with E-state index in [-0.39, 0.29) is 12.0 Å². The Labute approximate surface area is 145 Å². The van der Waals surface area contributed by atoms with Gasteiger partial charge < -0.3 is 19.7 Å². The molecule has 2 aromatic rings. The van der Waals surface area contributed by atoms with Gasteiger partial charge in [0.05, 0.1) is 24.5 Å². The number of likely N-dealkylation sites (tertiary alicyclic amines) is 1. The van der Waals surface area contributed by atoms with E-state index in [1.807, 2.05) is 11.4 Å². The van der Waals surface area contributed by atoms with E-state index in [9.17, 15) is 9.90 Å². The molecule has 3 heterocycles. The number of amides is 1. The lowest BCUT2D eigenvalue weighted by Gasteiger charge is -2.29. The third-order valence-corrected chi connectivity index (χ3v) is 5.13. The molecule has 0 radical (unpaired) electrons. The van der Waals surface area contributed by atoms with Crippen LogP contribution in [0.3, 0.4) is 0 Å². The fourth-order valence-electron chi connectivity index (χ4n) is 2.81. The van der Waals surface area contributed by atoms with Crippen molar-refractivity contribution in [3.63, 3.8) is 0 Å². The molecular weight excluding hydrogens is 326 g/mol. The maximum absolute atomic E-state index is 12.0. The second kappa shape index (κ2) is 8.41. The monoisotopic (exact) mass is 349 g/mol. The summed E-state index contributed by atoms with van der Waals surface area (Å²) in [6, 6.07) is 1.86. The van der Waals surface area contributed by atoms with Crippen molar-refractivity contribution in [1.29, 1.82) is 0 Å². The summed E-state index contributed by atoms with van der Waals surface area (Å²) in [5.74, 6) is 0.00751. The van der Waals surface area contributed by atoms with E-state index in [4.69, 9.17) is 4.42 Å². The maximum atomic E-state index is 12.0. The van der Waals surface area contributed by atoms with E-state index in [2.05, 4.69) is 15.2 Å². The maximum Gasteiger partial charge on any atom is 0.226 e. The third kappa shape index (κ3) is 4.90. The van der Waals surface area contributed by atoms with Crippen molar-refractivity contribution in [2.75, 3.05) is 26.2 Å². The fraction of sp³-hybridized carbons (Fsp3) is 0.529. The van der Waals surface area contributed by atoms with E-state index >= 15 is 0 Å². The highest BCUT2D eigenvalue weighted by Gasteiger charge is 2.16. The van der Waals surface area contributed by atoms with Crippen LogP contribution in [0.2, 0.25) is 0 Å². The van der Waals surface area contributed by atoms with Crippen molar-refractivity contribution in [1.82, 2.24) is 15.2 Å². The molecule has 0 bridgehead atoms. The van der Waals surface area contributed by atoms with Gasteiger partial charge in [-0.25, -0.2) is 4.98 Å². The highest BCUT2D eigenvalue weighted by molar-refractivity contribution is 7.13. The molecule has 0 aromatic carbocycles. The van der Waals surface area contributed by atoms with Crippen molar-refractivity contribution in [2.24, 2.45) is 0 Å². The van der Waals surface area contributed by atoms with Gasteiger partial charge in [0.25, 0.3) is 0 Å². The number of carbonyl (C=O) groups is 1. The lowest BCUT2D eigenvalue weighted by molar-refractivity contribution is -0.120. The average molecular weight is 349 g/mol. The molecule has 1 amide bonds. The normalized spacial score (nSPS) is 16.4. The summed E-state index contributed by atoms with van der Waals surface area (Å²) in [4.78, 5) is 18.8. The van der Waals surface area contributed by atoms with Crippen LogP contribution in [0.25, 0.3) is 10.6 Å². The molecule has 1 aliphatic heterocycles. The number of aromatic nitrogens is 1. The van der Waals surface area contributed by atoms with Gasteiger partial charge in [0.15, 0.2) is 0 Å². The molecule has 0 unspecified atom stereocenters. The molecule has 7 heteroatoms. The van der Waals surface area contributed by atoms with Crippen LogP contribution in [0.1, 0.15) is 25.0 Å². The third-order valence-electron chi connectivity index (χ3n) is 4.19. The number of thiazole rings is 1. The van der Waals surface area contributed by atoms with Crippen LogP contribution in [-0.4, -0.2) is 53.2 Å². The predicted octanol–water partition coefficient (Wildman–Crippen LogP) is 1.91. The summed E-state index contributed by atoms with van der Waals surface area (Å²) in [6.07, 6.45) is 6.09. The lowest BCUT2D eigenvalue weighted by atomic mass is 10.1. The molecule has 1 aliphatic rings. The number of aliphatic hydroxyl groups is 1. The number of nitrogens with one attached hydrogen (secondary N) is 1. The summed E-state index contributed by atoms with van der Waals surface area (Å²) in [6.45, 7) is 3.54. The summed E-state index contributed by atoms with van der Waals surface area (Å²) >= 11 is 1.52. The first-order chi connectivity index (χ1) is 11.7. The standard InChI is InChI=1S/C17H23N3O3S/c21-15-2-7-20(8-3-15)6-1-5-18-16(22)10-14-12-24-17(19-14)13-4-9-23-11-13/h4,9,11-12,15,21H,1-3,5-8,10H2,(H,18,22). The summed E-state index contributed by atoms with van der Waals surface area (Å²) in [7, 11) is 0. The van der Waals surface area contributed by atoms with Gasteiger partial charge in [-0.3, -0.25) is 4.79 Å². The van der Waals surface area contributed by atoms with E-state index in [1.165, 1.54) is 11.3 Å². The molecule has 6 nitrogen and oxygen atoms in total. The molecule has 24 heavy (non-hydrogen) atoms. The van der Waals surface area contributed by atoms with E-state index < -0.39 is 0 Å². The Balaban J connectivity index is 1.34. The number of hydrogen-bond acceptors (Lipinski definition) is 6. The number of hydrogen-bond donors (Lipinski definition) is 2. The molecule has 3 rings (SSSR count). The lowest BCUT2D eigenvalue weighted by Crippen LogP contribution is -2.37. The average Bonchev–Trinajstić information content (AvgIpc) is 3.24. The highest BCUT2D eigenvalue weighted by atomic mass is 32.1. The van der Waals surface area contributed by atoms with Crippen LogP contribution in [0.4, 0.5) is 0 Å². The molecule has 1 fully saturated rings. The van der Waals surface area contributed by atoms with Gasteiger partial charge in [-0.15, -0.1) is 11.3 Å². The SMILES string of the molecule is O=C(Cc1csc(-c2ccoc2)n1)NCCCN1CCC(O)CC1. The molecule has 0 saturated carbocycles. The number of rotatable bonds is 7. The number of piperidine rings is 1. The van der Waals surface area contributed by atoms with Gasteiger partial charge in [-0.1, -0.05) is 0 Å². The largest absolute Gasteiger partial charge is 0.472 e. The van der Waals surface area contributed by atoms with Gasteiger partial charge >= 0.3 is 0 Å². The predicted molar refractivity (Wildman–Crippen MR) is 92.8 cm³/mol. The molecule has 0 atom stereocenters. The summed E-state index contributed by atoms with van der Waals surface area (Å²) in [5.41, 5.74) is 1.73. The molecule has 1 saturated heterocycles. The summed E-state index contributed by atoms with van der Waals surface area (Å²) < 4.78 is 5.05. The zero-order valence-electron chi connectivity index (χ0n) is 13.6. The number of furan rings is 1. The van der Waals surface area contributed by atoms with Crippen LogP contribution >= 0.6 is 11.3 Å². The second-order valence-electron chi connectivity index (χ2n) is 6.11. The Hall–Kier alpha value is -1.70. The van der Waals surface area contributed by atoms with Crippen molar-refractivity contribution in [3.8, 4) is 10.6 Å². The van der Waals surface area contributed by atoms with Gasteiger partial charge in [0, 0.05) is 30.6 Å². The smallest absolute Gasteiger partial charge is 0.226 e. The Kier molecular flexibility index (Phi) is 6.01. The molecule has 0 spiro atoms. The molecule has 130 valence electrons. The van der Waals surface area contributed by atoms with Crippen LogP contribution in [0.15, 0.2) is 28.4 Å². The van der Waals surface area contributed by atoms with Crippen LogP contribution in [-0.2, 0) is 11.2 Å². The minimum Gasteiger partial charge on any atom is -0.472 e. The van der Waals surface area contributed by atoms with E-state index in [1.54, 1.807) is 12.5 Å². The van der Waals surface area contributed by atoms with Gasteiger partial charge in [-0.05, 0) is 31.9 Å². The first-order valence-electron chi connectivity index (χ1n) is 8.35. The molecular formula is C17H23N3O3S. The van der Waals surface area contributed by atoms with Gasteiger partial charge in [0.1, 0.15) is 11.3 Å². The Morgan fingerprint density at radius 2 is 2.29 bits per heavy atom. The number of nitrogens with zero attached hydrogens (tertiary/aromatic N) is 2. The minimum atomic E-state index is -0.133. The Morgan fingerprint density at radius 3 is 3.04 bits per heavy atom. The highest BCUT2D eigenvalue weighted by Crippen LogP contribution is 2.24. The van der Waals surface area contributed by atoms with Gasteiger partial charge in [-0.2, -0.15) is 0 Å². The molecule has 2 N–H and O–H groups in total. The quantitative estimate of drug-likeness (QED) is 0.747. The topological polar surface area (TPSA) is 78.6 Å². The summed E-state index contributed by atoms with van der Waals surface area (Å²) in [5, 5.41) is 15.2. The Bertz CT molecular complexity index is 633. The molecule has 2 aromatic heterocycles. The second-order valence-corrected chi connectivity index (χ2v) is 6.97. The van der Waals surface area contributed by atoms with Crippen molar-refractivity contribution < 1.29 is 14.3 Å². The van der Waals surface area contributed by atoms with Crippen LogP contribution in [0.5, 0.6) is 0 Å². The number of carbonyl (C=O) groups excluding carboxylic acids is 1. The Morgan fingerprint density at radius 1 is 1.46 bits per heavy atom. The van der Waals surface area contributed by atoms with Crippen LogP contribution in [0, 0.1) is 0 Å². The van der Waals surface area contributed by atoms with E-state index in [0.29, 0.717) is 13.0 Å². The zero-order valence-corrected chi connectivity index (χ0v) is 14.4. The van der Waals surface area contributed by atoms with Crippen LogP contribution < -0.4 is 5.32 Å². The van der Waals surface area contributed by atoms with E-state index in [0.717, 1.165) is 55.2 Å². The minimum absolute atomic E-state index is 0.00751. The number of aliphatic hydroxyl groups excluding tert-OH is 1. The first kappa shape index (κ1) is 17.1. The van der Waals surface area contributed by atoms with Gasteiger partial charge in [0.2, 0.25) is 5.91 Å². The zero-order chi connectivity index (χ0) is 16.8. The first-order valence-corrected chi connectivity index (χ1v) is 9.23. The van der Waals surface area contributed by atoms with Crippen molar-refractivity contribution in [2.45, 2.75) is 31.8 Å². The van der Waals surface area contributed by atoms with Crippen molar-refractivity contribution in [3.05, 3.63) is 29.7 Å². The van der Waals surface area contributed by atoms with Crippen molar-refractivity contribution >= 4 is 17.2 Å². The fourth-order valence-corrected chi connectivity index (χ4v) is 3.61.